The highest BCUT2D eigenvalue weighted by molar-refractivity contribution is 7.90. The first-order chi connectivity index (χ1) is 6.56. The molecule has 1 aromatic carbocycles. The quantitative estimate of drug-likeness (QED) is 0.683. The second-order valence-electron chi connectivity index (χ2n) is 2.79. The summed E-state index contributed by atoms with van der Waals surface area (Å²) in [7, 11) is -2.31. The van der Waals surface area contributed by atoms with E-state index in [1.807, 2.05) is 0 Å². The molecule has 1 heterocycles. The van der Waals surface area contributed by atoms with E-state index in [2.05, 4.69) is 9.71 Å². The van der Waals surface area contributed by atoms with E-state index < -0.39 is 15.8 Å². The van der Waals surface area contributed by atoms with E-state index in [0.717, 1.165) is 6.07 Å². The molecular formula is C8H7FN2O2S. The molecule has 6 heteroatoms. The predicted octanol–water partition coefficient (Wildman–Crippen LogP) is 0.494. The number of hydrogen-bond donors (Lipinski definition) is 1. The van der Waals surface area contributed by atoms with Gasteiger partial charge in [-0.15, -0.1) is 0 Å². The molecule has 0 aliphatic carbocycles. The average molecular weight is 214 g/mol. The summed E-state index contributed by atoms with van der Waals surface area (Å²) in [6.07, 6.45) is 0. The lowest BCUT2D eigenvalue weighted by atomic mass is 10.2. The van der Waals surface area contributed by atoms with E-state index in [0.29, 0.717) is 0 Å². The molecule has 1 aliphatic heterocycles. The molecular weight excluding hydrogens is 207 g/mol. The molecule has 0 unspecified atom stereocenters. The van der Waals surface area contributed by atoms with Gasteiger partial charge in [-0.2, -0.15) is 0 Å². The molecule has 14 heavy (non-hydrogen) atoms. The third-order valence-corrected chi connectivity index (χ3v) is 3.36. The SMILES string of the molecule is CN=C1NS(=O)(=O)c2c(F)cccc21. The van der Waals surface area contributed by atoms with Crippen molar-refractivity contribution in [3.63, 3.8) is 0 Å². The van der Waals surface area contributed by atoms with E-state index in [1.54, 1.807) is 0 Å². The van der Waals surface area contributed by atoms with Crippen LogP contribution in [0.4, 0.5) is 4.39 Å². The zero-order chi connectivity index (χ0) is 10.3. The van der Waals surface area contributed by atoms with Gasteiger partial charge in [-0.05, 0) is 12.1 Å². The van der Waals surface area contributed by atoms with Crippen LogP contribution in [0.25, 0.3) is 0 Å². The normalized spacial score (nSPS) is 20.6. The summed E-state index contributed by atoms with van der Waals surface area (Å²) in [6, 6.07) is 4.07. The molecule has 1 aliphatic rings. The molecule has 0 fully saturated rings. The zero-order valence-electron chi connectivity index (χ0n) is 7.28. The van der Waals surface area contributed by atoms with Gasteiger partial charge >= 0.3 is 0 Å². The molecule has 0 saturated heterocycles. The number of sulfonamides is 1. The lowest BCUT2D eigenvalue weighted by Crippen LogP contribution is -2.22. The summed E-state index contributed by atoms with van der Waals surface area (Å²) < 4.78 is 38.2. The topological polar surface area (TPSA) is 58.5 Å². The van der Waals surface area contributed by atoms with Crippen molar-refractivity contribution in [2.24, 2.45) is 4.99 Å². The van der Waals surface area contributed by atoms with Crippen LogP contribution in [0.3, 0.4) is 0 Å². The van der Waals surface area contributed by atoms with Crippen LogP contribution in [0.5, 0.6) is 0 Å². The summed E-state index contributed by atoms with van der Waals surface area (Å²) in [6.45, 7) is 0. The molecule has 2 rings (SSSR count). The van der Waals surface area contributed by atoms with E-state index >= 15 is 0 Å². The number of aliphatic imine (C=N–C) groups is 1. The molecule has 0 radical (unpaired) electrons. The molecule has 0 atom stereocenters. The van der Waals surface area contributed by atoms with Gasteiger partial charge in [-0.25, -0.2) is 12.8 Å². The number of fused-ring (bicyclic) bond motifs is 1. The standard InChI is InChI=1S/C8H7FN2O2S/c1-10-8-5-3-2-4-6(9)7(5)14(12,13)11-8/h2-4H,1H3,(H,10,11). The largest absolute Gasteiger partial charge is 0.271 e. The van der Waals surface area contributed by atoms with E-state index in [4.69, 9.17) is 0 Å². The Bertz CT molecular complexity index is 522. The highest BCUT2D eigenvalue weighted by Crippen LogP contribution is 2.25. The molecule has 4 nitrogen and oxygen atoms in total. The number of nitrogens with zero attached hydrogens (tertiary/aromatic N) is 1. The maximum absolute atomic E-state index is 13.2. The predicted molar refractivity (Wildman–Crippen MR) is 49.2 cm³/mol. The van der Waals surface area contributed by atoms with Crippen LogP contribution in [0, 0.1) is 5.82 Å². The van der Waals surface area contributed by atoms with Crippen molar-refractivity contribution >= 4 is 15.9 Å². The molecule has 74 valence electrons. The third kappa shape index (κ3) is 1.11. The Kier molecular flexibility index (Phi) is 1.81. The molecule has 0 spiro atoms. The minimum Gasteiger partial charge on any atom is -0.271 e. The number of halogens is 1. The van der Waals surface area contributed by atoms with Crippen LogP contribution < -0.4 is 4.72 Å². The minimum atomic E-state index is -3.75. The second kappa shape index (κ2) is 2.78. The van der Waals surface area contributed by atoms with Crippen molar-refractivity contribution in [3.05, 3.63) is 29.6 Å². The van der Waals surface area contributed by atoms with Gasteiger partial charge in [0, 0.05) is 12.6 Å². The van der Waals surface area contributed by atoms with Crippen LogP contribution in [0.1, 0.15) is 5.56 Å². The van der Waals surface area contributed by atoms with Crippen LogP contribution >= 0.6 is 0 Å². The Hall–Kier alpha value is -1.43. The van der Waals surface area contributed by atoms with Gasteiger partial charge in [0.05, 0.1) is 0 Å². The van der Waals surface area contributed by atoms with E-state index in [1.165, 1.54) is 19.2 Å². The first kappa shape index (κ1) is 9.14. The number of benzene rings is 1. The molecule has 0 amide bonds. The molecule has 1 aromatic rings. The highest BCUT2D eigenvalue weighted by Gasteiger charge is 2.33. The fourth-order valence-electron chi connectivity index (χ4n) is 1.37. The summed E-state index contributed by atoms with van der Waals surface area (Å²) in [5, 5.41) is 0. The van der Waals surface area contributed by atoms with Gasteiger partial charge in [-0.3, -0.25) is 9.71 Å². The minimum absolute atomic E-state index is 0.180. The zero-order valence-corrected chi connectivity index (χ0v) is 8.10. The Morgan fingerprint density at radius 1 is 1.43 bits per heavy atom. The fraction of sp³-hybridized carbons (Fsp3) is 0.125. The van der Waals surface area contributed by atoms with Crippen LogP contribution in [0.15, 0.2) is 28.1 Å². The second-order valence-corrected chi connectivity index (χ2v) is 4.41. The first-order valence-electron chi connectivity index (χ1n) is 3.85. The van der Waals surface area contributed by atoms with Crippen molar-refractivity contribution in [1.29, 1.82) is 0 Å². The Morgan fingerprint density at radius 3 is 2.79 bits per heavy atom. The monoisotopic (exact) mass is 214 g/mol. The van der Waals surface area contributed by atoms with Gasteiger partial charge in [0.2, 0.25) is 0 Å². The smallest absolute Gasteiger partial charge is 0.266 e. The lowest BCUT2D eigenvalue weighted by molar-refractivity contribution is 0.568. The summed E-state index contributed by atoms with van der Waals surface area (Å²) in [5.74, 6) is -0.576. The summed E-state index contributed by atoms with van der Waals surface area (Å²) in [5.41, 5.74) is 0.285. The molecule has 0 bridgehead atoms. The van der Waals surface area contributed by atoms with Crippen LogP contribution in [-0.2, 0) is 10.0 Å². The third-order valence-electron chi connectivity index (χ3n) is 1.95. The van der Waals surface area contributed by atoms with E-state index in [-0.39, 0.29) is 16.3 Å². The maximum Gasteiger partial charge on any atom is 0.266 e. The lowest BCUT2D eigenvalue weighted by Gasteiger charge is -1.95. The van der Waals surface area contributed by atoms with Crippen molar-refractivity contribution in [3.8, 4) is 0 Å². The maximum atomic E-state index is 13.2. The Morgan fingerprint density at radius 2 is 2.14 bits per heavy atom. The van der Waals surface area contributed by atoms with Crippen LogP contribution in [-0.4, -0.2) is 21.3 Å². The van der Waals surface area contributed by atoms with Crippen LogP contribution in [0.2, 0.25) is 0 Å². The molecule has 1 N–H and O–H groups in total. The number of amidine groups is 1. The van der Waals surface area contributed by atoms with Gasteiger partial charge in [0.25, 0.3) is 10.0 Å². The van der Waals surface area contributed by atoms with Crippen molar-refractivity contribution in [2.45, 2.75) is 4.90 Å². The first-order valence-corrected chi connectivity index (χ1v) is 5.33. The summed E-state index contributed by atoms with van der Waals surface area (Å²) in [4.78, 5) is 3.41. The number of nitrogens with one attached hydrogen (secondary N) is 1. The van der Waals surface area contributed by atoms with Crippen molar-refractivity contribution < 1.29 is 12.8 Å². The Balaban J connectivity index is 2.85. The number of rotatable bonds is 0. The van der Waals surface area contributed by atoms with Gasteiger partial charge in [-0.1, -0.05) is 6.07 Å². The molecule has 0 aromatic heterocycles. The fourth-order valence-corrected chi connectivity index (χ4v) is 2.70. The van der Waals surface area contributed by atoms with E-state index in [9.17, 15) is 12.8 Å². The average Bonchev–Trinajstić information content (AvgIpc) is 2.39. The van der Waals surface area contributed by atoms with Crippen molar-refractivity contribution in [1.82, 2.24) is 4.72 Å². The Labute approximate surface area is 80.5 Å². The van der Waals surface area contributed by atoms with Gasteiger partial charge < -0.3 is 0 Å². The molecule has 0 saturated carbocycles. The van der Waals surface area contributed by atoms with Crippen molar-refractivity contribution in [2.75, 3.05) is 7.05 Å². The highest BCUT2D eigenvalue weighted by atomic mass is 32.2. The van der Waals surface area contributed by atoms with Gasteiger partial charge in [0.1, 0.15) is 16.5 Å². The van der Waals surface area contributed by atoms with Gasteiger partial charge in [0.15, 0.2) is 0 Å². The summed E-state index contributed by atoms with van der Waals surface area (Å²) >= 11 is 0. The number of hydrogen-bond acceptors (Lipinski definition) is 3.